The molecule has 0 aliphatic carbocycles. The van der Waals surface area contributed by atoms with Crippen molar-refractivity contribution < 1.29 is 28.6 Å². The topological polar surface area (TPSA) is 82.1 Å². The number of aliphatic hydroxyl groups excluding tert-OH is 1. The fraction of sp³-hybridized carbons (Fsp3) is 0.769. The Hall–Kier alpha value is -1.15. The Morgan fingerprint density at radius 3 is 2.00 bits per heavy atom. The zero-order valence-electron chi connectivity index (χ0n) is 22.7. The molecule has 0 amide bonds. The van der Waals surface area contributed by atoms with Crippen molar-refractivity contribution in [3.63, 3.8) is 0 Å². The molecule has 0 fully saturated rings. The molecule has 6 nitrogen and oxygen atoms in total. The fourth-order valence-corrected chi connectivity index (χ4v) is 3.96. The van der Waals surface area contributed by atoms with Crippen molar-refractivity contribution in [3.8, 4) is 0 Å². The number of carbonyl (C=O) groups is 2. The second-order valence-electron chi connectivity index (χ2n) is 11.2. The molecule has 0 aliphatic rings. The van der Waals surface area contributed by atoms with Gasteiger partial charge in [0.1, 0.15) is 12.5 Å². The maximum absolute atomic E-state index is 12.0. The van der Waals surface area contributed by atoms with E-state index in [1.807, 2.05) is 6.08 Å². The predicted molar refractivity (Wildman–Crippen MR) is 142 cm³/mol. The third kappa shape index (κ3) is 13.7. The van der Waals surface area contributed by atoms with Gasteiger partial charge in [0.15, 0.2) is 14.4 Å². The van der Waals surface area contributed by atoms with Gasteiger partial charge in [0.05, 0.1) is 17.6 Å². The summed E-state index contributed by atoms with van der Waals surface area (Å²) in [5, 5.41) is 10.6. The van der Waals surface area contributed by atoms with Crippen LogP contribution in [-0.2, 0) is 23.5 Å². The Morgan fingerprint density at radius 2 is 1.53 bits per heavy atom. The normalized spacial score (nSPS) is 16.0. The maximum Gasteiger partial charge on any atom is 0.321 e. The highest BCUT2D eigenvalue weighted by molar-refractivity contribution is 6.74. The molecule has 0 radical (unpaired) electrons. The second kappa shape index (κ2) is 15.1. The molecule has 0 saturated carbocycles. The van der Waals surface area contributed by atoms with Gasteiger partial charge in [-0.1, -0.05) is 65.2 Å². The average Bonchev–Trinajstić information content (AvgIpc) is 2.71. The molecule has 34 heavy (non-hydrogen) atoms. The quantitative estimate of drug-likeness (QED) is 0.0973. The van der Waals surface area contributed by atoms with Gasteiger partial charge in [0.25, 0.3) is 0 Å². The van der Waals surface area contributed by atoms with Crippen LogP contribution >= 0.6 is 11.6 Å². The first-order valence-electron chi connectivity index (χ1n) is 12.2. The lowest BCUT2D eigenvalue weighted by Crippen LogP contribution is -2.43. The van der Waals surface area contributed by atoms with Crippen LogP contribution in [0.4, 0.5) is 0 Å². The van der Waals surface area contributed by atoms with Gasteiger partial charge < -0.3 is 19.0 Å². The Balaban J connectivity index is 5.31. The van der Waals surface area contributed by atoms with E-state index in [0.717, 1.165) is 25.7 Å². The zero-order chi connectivity index (χ0) is 26.6. The van der Waals surface area contributed by atoms with Crippen LogP contribution in [0.15, 0.2) is 24.3 Å². The van der Waals surface area contributed by atoms with Crippen LogP contribution in [0.25, 0.3) is 0 Å². The van der Waals surface area contributed by atoms with Crippen molar-refractivity contribution in [2.75, 3.05) is 12.5 Å². The molecule has 198 valence electrons. The molecule has 0 saturated heterocycles. The molecule has 0 aromatic carbocycles. The molecule has 0 spiro atoms. The van der Waals surface area contributed by atoms with Crippen molar-refractivity contribution in [3.05, 3.63) is 24.3 Å². The van der Waals surface area contributed by atoms with Crippen LogP contribution in [0, 0.1) is 5.41 Å². The van der Waals surface area contributed by atoms with E-state index in [9.17, 15) is 14.7 Å². The number of halogens is 1. The molecule has 0 rings (SSSR count). The largest absolute Gasteiger partial charge is 0.461 e. The first-order chi connectivity index (χ1) is 15.5. The predicted octanol–water partition coefficient (Wildman–Crippen LogP) is 6.17. The van der Waals surface area contributed by atoms with Gasteiger partial charge in [-0.3, -0.25) is 9.59 Å². The zero-order valence-corrected chi connectivity index (χ0v) is 24.4. The molecule has 0 unspecified atom stereocenters. The summed E-state index contributed by atoms with van der Waals surface area (Å²) in [7, 11) is -1.97. The van der Waals surface area contributed by atoms with E-state index < -0.39 is 37.9 Å². The SMILES string of the molecule is CCCCC[C@H](/C=C/[C@@H](O)/C=C/[C@H](COC(=O)C(C)(C)C)OC(=O)CCl)O[Si](C)(C)C(C)(C)C. The van der Waals surface area contributed by atoms with Crippen molar-refractivity contribution in [1.82, 2.24) is 0 Å². The highest BCUT2D eigenvalue weighted by Crippen LogP contribution is 2.38. The van der Waals surface area contributed by atoms with E-state index in [2.05, 4.69) is 40.8 Å². The third-order valence-electron chi connectivity index (χ3n) is 5.77. The summed E-state index contributed by atoms with van der Waals surface area (Å²) in [5.74, 6) is -1.36. The Kier molecular flexibility index (Phi) is 14.6. The molecule has 0 heterocycles. The number of esters is 2. The minimum absolute atomic E-state index is 0.0758. The van der Waals surface area contributed by atoms with Crippen LogP contribution < -0.4 is 0 Å². The third-order valence-corrected chi connectivity index (χ3v) is 10.5. The first kappa shape index (κ1) is 32.8. The van der Waals surface area contributed by atoms with Crippen molar-refractivity contribution in [2.45, 2.75) is 111 Å². The smallest absolute Gasteiger partial charge is 0.321 e. The maximum atomic E-state index is 12.0. The van der Waals surface area contributed by atoms with Crippen molar-refractivity contribution in [1.29, 1.82) is 0 Å². The van der Waals surface area contributed by atoms with Crippen molar-refractivity contribution in [2.24, 2.45) is 5.41 Å². The fourth-order valence-electron chi connectivity index (χ4n) is 2.59. The summed E-state index contributed by atoms with van der Waals surface area (Å²) < 4.78 is 17.0. The first-order valence-corrected chi connectivity index (χ1v) is 15.6. The van der Waals surface area contributed by atoms with Crippen molar-refractivity contribution >= 4 is 31.9 Å². The number of alkyl halides is 1. The molecule has 0 bridgehead atoms. The van der Waals surface area contributed by atoms with Gasteiger partial charge in [-0.05, 0) is 51.4 Å². The Bertz CT molecular complexity index is 676. The Labute approximate surface area is 213 Å². The molecule has 8 heteroatoms. The highest BCUT2D eigenvalue weighted by Gasteiger charge is 2.38. The van der Waals surface area contributed by atoms with E-state index in [-0.39, 0.29) is 23.6 Å². The number of ether oxygens (including phenoxy) is 2. The summed E-state index contributed by atoms with van der Waals surface area (Å²) in [5.41, 5.74) is -0.677. The molecule has 0 aliphatic heterocycles. The summed E-state index contributed by atoms with van der Waals surface area (Å²) >= 11 is 5.54. The second-order valence-corrected chi connectivity index (χ2v) is 16.2. The van der Waals surface area contributed by atoms with E-state index in [0.29, 0.717) is 0 Å². The van der Waals surface area contributed by atoms with Gasteiger partial charge in [0.2, 0.25) is 0 Å². The number of unbranched alkanes of at least 4 members (excludes halogenated alkanes) is 2. The summed E-state index contributed by atoms with van der Waals surface area (Å²) in [4.78, 5) is 23.7. The Morgan fingerprint density at radius 1 is 0.971 bits per heavy atom. The van der Waals surface area contributed by atoms with Gasteiger partial charge in [0, 0.05) is 0 Å². The number of carbonyl (C=O) groups excluding carboxylic acids is 2. The number of hydrogen-bond donors (Lipinski definition) is 1. The van der Waals surface area contributed by atoms with Gasteiger partial charge in [-0.2, -0.15) is 0 Å². The number of rotatable bonds is 14. The monoisotopic (exact) mass is 518 g/mol. The van der Waals surface area contributed by atoms with E-state index in [1.165, 1.54) is 12.2 Å². The lowest BCUT2D eigenvalue weighted by molar-refractivity contribution is -0.160. The van der Waals surface area contributed by atoms with Crippen LogP contribution in [0.1, 0.15) is 74.1 Å². The standard InChI is InChI=1S/C26H47ClO6Si/c1-10-11-12-13-21(33-34(8,9)26(5,6)7)16-14-20(28)15-17-22(32-23(29)18-27)19-31-24(30)25(2,3)4/h14-17,20-22,28H,10-13,18-19H2,1-9H3/b16-14+,17-15+/t20-,21-,22-/m1/s1. The highest BCUT2D eigenvalue weighted by atomic mass is 35.5. The van der Waals surface area contributed by atoms with E-state index in [4.69, 9.17) is 25.5 Å². The molecular weight excluding hydrogens is 472 g/mol. The van der Waals surface area contributed by atoms with E-state index >= 15 is 0 Å². The van der Waals surface area contributed by atoms with Gasteiger partial charge in [-0.25, -0.2) is 0 Å². The van der Waals surface area contributed by atoms with Gasteiger partial charge in [-0.15, -0.1) is 11.6 Å². The van der Waals surface area contributed by atoms with E-state index in [1.54, 1.807) is 26.8 Å². The molecule has 1 N–H and O–H groups in total. The van der Waals surface area contributed by atoms with Crippen LogP contribution in [-0.4, -0.2) is 56.2 Å². The van der Waals surface area contributed by atoms with Crippen LogP contribution in [0.3, 0.4) is 0 Å². The minimum atomic E-state index is -1.97. The number of aliphatic hydroxyl groups is 1. The van der Waals surface area contributed by atoms with Crippen LogP contribution in [0.5, 0.6) is 0 Å². The summed E-state index contributed by atoms with van der Waals surface area (Å²) in [6.45, 7) is 18.3. The average molecular weight is 519 g/mol. The summed E-state index contributed by atoms with van der Waals surface area (Å²) in [6.07, 6.45) is 9.00. The molecular formula is C26H47ClO6Si. The minimum Gasteiger partial charge on any atom is -0.461 e. The van der Waals surface area contributed by atoms with Gasteiger partial charge >= 0.3 is 11.9 Å². The van der Waals surface area contributed by atoms with Crippen LogP contribution in [0.2, 0.25) is 18.1 Å². The summed E-state index contributed by atoms with van der Waals surface area (Å²) in [6, 6.07) is 0. The lowest BCUT2D eigenvalue weighted by Gasteiger charge is -2.38. The lowest BCUT2D eigenvalue weighted by atomic mass is 9.97. The molecule has 3 atom stereocenters. The molecule has 0 aromatic heterocycles. The molecule has 0 aromatic rings. The number of hydrogen-bond acceptors (Lipinski definition) is 6.